The quantitative estimate of drug-likeness (QED) is 0.718. The summed E-state index contributed by atoms with van der Waals surface area (Å²) in [5.41, 5.74) is 3.68. The van der Waals surface area contributed by atoms with Crippen LogP contribution in [0.15, 0.2) is 54.6 Å². The summed E-state index contributed by atoms with van der Waals surface area (Å²) >= 11 is 0. The van der Waals surface area contributed by atoms with Crippen molar-refractivity contribution in [2.75, 3.05) is 6.54 Å². The average molecular weight is 308 g/mol. The Morgan fingerprint density at radius 2 is 1.87 bits per heavy atom. The molecule has 2 heterocycles. The van der Waals surface area contributed by atoms with Crippen LogP contribution in [0.25, 0.3) is 10.9 Å². The first-order valence-electron chi connectivity index (χ1n) is 8.36. The fourth-order valence-electron chi connectivity index (χ4n) is 3.63. The highest BCUT2D eigenvalue weighted by atomic mass is 19.1. The standard InChI is InChI=1S/C20H21FN2/c21-17-10-8-15(9-11-17)14-23-12-4-3-7-20(23)19-13-16-5-1-2-6-18(16)22-19/h1-2,5-6,8-11,13,20,22H,3-4,7,12,14H2. The summed E-state index contributed by atoms with van der Waals surface area (Å²) in [6.45, 7) is 1.97. The number of nitrogens with zero attached hydrogens (tertiary/aromatic N) is 1. The molecular formula is C20H21FN2. The topological polar surface area (TPSA) is 19.0 Å². The van der Waals surface area contributed by atoms with Crippen molar-refractivity contribution in [2.24, 2.45) is 0 Å². The van der Waals surface area contributed by atoms with Crippen LogP contribution in [-0.4, -0.2) is 16.4 Å². The third-order valence-electron chi connectivity index (χ3n) is 4.82. The molecule has 1 aliphatic rings. The number of benzene rings is 2. The zero-order chi connectivity index (χ0) is 15.6. The lowest BCUT2D eigenvalue weighted by atomic mass is 9.98. The molecule has 0 radical (unpaired) electrons. The molecule has 2 nitrogen and oxygen atoms in total. The van der Waals surface area contributed by atoms with Crippen LogP contribution >= 0.6 is 0 Å². The number of H-pyrrole nitrogens is 1. The average Bonchev–Trinajstić information content (AvgIpc) is 3.01. The lowest BCUT2D eigenvalue weighted by molar-refractivity contribution is 0.138. The minimum absolute atomic E-state index is 0.167. The summed E-state index contributed by atoms with van der Waals surface area (Å²) < 4.78 is 13.1. The predicted octanol–water partition coefficient (Wildman–Crippen LogP) is 5.03. The molecule has 1 N–H and O–H groups in total. The summed E-state index contributed by atoms with van der Waals surface area (Å²) in [5, 5.41) is 1.27. The van der Waals surface area contributed by atoms with Gasteiger partial charge in [0, 0.05) is 17.8 Å². The van der Waals surface area contributed by atoms with Gasteiger partial charge in [0.25, 0.3) is 0 Å². The van der Waals surface area contributed by atoms with E-state index in [0.29, 0.717) is 6.04 Å². The van der Waals surface area contributed by atoms with Gasteiger partial charge in [-0.1, -0.05) is 36.8 Å². The third-order valence-corrected chi connectivity index (χ3v) is 4.82. The number of aromatic nitrogens is 1. The van der Waals surface area contributed by atoms with Crippen molar-refractivity contribution < 1.29 is 4.39 Å². The Kier molecular flexibility index (Phi) is 3.88. The molecule has 23 heavy (non-hydrogen) atoms. The van der Waals surface area contributed by atoms with Gasteiger partial charge in [0.15, 0.2) is 0 Å². The van der Waals surface area contributed by atoms with Gasteiger partial charge in [0.05, 0.1) is 6.04 Å². The third kappa shape index (κ3) is 3.02. The molecular weight excluding hydrogens is 287 g/mol. The predicted molar refractivity (Wildman–Crippen MR) is 91.7 cm³/mol. The van der Waals surface area contributed by atoms with E-state index in [2.05, 4.69) is 40.2 Å². The van der Waals surface area contributed by atoms with Gasteiger partial charge < -0.3 is 4.98 Å². The molecule has 1 unspecified atom stereocenters. The highest BCUT2D eigenvalue weighted by Crippen LogP contribution is 2.33. The molecule has 1 aliphatic heterocycles. The summed E-state index contributed by atoms with van der Waals surface area (Å²) in [6, 6.07) is 18.0. The maximum absolute atomic E-state index is 13.1. The first-order chi connectivity index (χ1) is 11.3. The Balaban J connectivity index is 1.60. The van der Waals surface area contributed by atoms with Crippen LogP contribution in [0.4, 0.5) is 4.39 Å². The van der Waals surface area contributed by atoms with Crippen molar-refractivity contribution in [1.82, 2.24) is 9.88 Å². The Labute approximate surface area is 135 Å². The molecule has 0 amide bonds. The van der Waals surface area contributed by atoms with Gasteiger partial charge in [0.1, 0.15) is 5.82 Å². The van der Waals surface area contributed by atoms with E-state index in [4.69, 9.17) is 0 Å². The fraction of sp³-hybridized carbons (Fsp3) is 0.300. The van der Waals surface area contributed by atoms with Crippen molar-refractivity contribution in [3.05, 3.63) is 71.7 Å². The lowest BCUT2D eigenvalue weighted by Gasteiger charge is -2.35. The second-order valence-corrected chi connectivity index (χ2v) is 6.42. The van der Waals surface area contributed by atoms with E-state index in [0.717, 1.165) is 13.1 Å². The van der Waals surface area contributed by atoms with Crippen LogP contribution in [0.1, 0.15) is 36.6 Å². The summed E-state index contributed by atoms with van der Waals surface area (Å²) in [7, 11) is 0. The molecule has 2 aromatic carbocycles. The van der Waals surface area contributed by atoms with Crippen LogP contribution in [0.3, 0.4) is 0 Å². The molecule has 118 valence electrons. The molecule has 3 heteroatoms. The summed E-state index contributed by atoms with van der Waals surface area (Å²) in [6.07, 6.45) is 3.67. The van der Waals surface area contributed by atoms with Gasteiger partial charge in [-0.25, -0.2) is 4.39 Å². The SMILES string of the molecule is Fc1ccc(CN2CCCCC2c2cc3ccccc3[nH]2)cc1. The van der Waals surface area contributed by atoms with Crippen molar-refractivity contribution >= 4 is 10.9 Å². The van der Waals surface area contributed by atoms with Gasteiger partial charge in [-0.2, -0.15) is 0 Å². The van der Waals surface area contributed by atoms with E-state index in [1.54, 1.807) is 12.1 Å². The largest absolute Gasteiger partial charge is 0.357 e. The Hall–Kier alpha value is -2.13. The maximum Gasteiger partial charge on any atom is 0.123 e. The number of hydrogen-bond donors (Lipinski definition) is 1. The van der Waals surface area contributed by atoms with Crippen LogP contribution in [0, 0.1) is 5.82 Å². The molecule has 4 rings (SSSR count). The molecule has 1 fully saturated rings. The number of hydrogen-bond acceptors (Lipinski definition) is 1. The molecule has 3 aromatic rings. The monoisotopic (exact) mass is 308 g/mol. The number of piperidine rings is 1. The highest BCUT2D eigenvalue weighted by molar-refractivity contribution is 5.80. The van der Waals surface area contributed by atoms with Gasteiger partial charge in [-0.05, 0) is 54.6 Å². The van der Waals surface area contributed by atoms with Gasteiger partial charge in [-0.3, -0.25) is 4.90 Å². The molecule has 1 atom stereocenters. The van der Waals surface area contributed by atoms with E-state index in [1.807, 2.05) is 12.1 Å². The minimum Gasteiger partial charge on any atom is -0.357 e. The smallest absolute Gasteiger partial charge is 0.123 e. The van der Waals surface area contributed by atoms with E-state index < -0.39 is 0 Å². The Bertz CT molecular complexity index is 758. The summed E-state index contributed by atoms with van der Waals surface area (Å²) in [4.78, 5) is 6.10. The first-order valence-corrected chi connectivity index (χ1v) is 8.36. The van der Waals surface area contributed by atoms with Crippen molar-refractivity contribution in [1.29, 1.82) is 0 Å². The molecule has 0 spiro atoms. The number of fused-ring (bicyclic) bond motifs is 1. The van der Waals surface area contributed by atoms with E-state index >= 15 is 0 Å². The van der Waals surface area contributed by atoms with E-state index in [1.165, 1.54) is 41.4 Å². The molecule has 1 saturated heterocycles. The number of aromatic amines is 1. The van der Waals surface area contributed by atoms with Gasteiger partial charge >= 0.3 is 0 Å². The lowest BCUT2D eigenvalue weighted by Crippen LogP contribution is -2.33. The van der Waals surface area contributed by atoms with E-state index in [9.17, 15) is 4.39 Å². The van der Waals surface area contributed by atoms with Crippen LogP contribution in [-0.2, 0) is 6.54 Å². The maximum atomic E-state index is 13.1. The number of para-hydroxylation sites is 1. The van der Waals surface area contributed by atoms with Crippen LogP contribution < -0.4 is 0 Å². The fourth-order valence-corrected chi connectivity index (χ4v) is 3.63. The molecule has 0 aliphatic carbocycles. The highest BCUT2D eigenvalue weighted by Gasteiger charge is 2.25. The van der Waals surface area contributed by atoms with Crippen molar-refractivity contribution in [3.63, 3.8) is 0 Å². The van der Waals surface area contributed by atoms with Crippen LogP contribution in [0.5, 0.6) is 0 Å². The van der Waals surface area contributed by atoms with Gasteiger partial charge in [-0.15, -0.1) is 0 Å². The minimum atomic E-state index is -0.167. The molecule has 1 aromatic heterocycles. The van der Waals surface area contributed by atoms with Crippen molar-refractivity contribution in [2.45, 2.75) is 31.8 Å². The zero-order valence-corrected chi connectivity index (χ0v) is 13.1. The summed E-state index contributed by atoms with van der Waals surface area (Å²) in [5.74, 6) is -0.167. The van der Waals surface area contributed by atoms with Gasteiger partial charge in [0.2, 0.25) is 0 Å². The first kappa shape index (κ1) is 14.5. The number of nitrogens with one attached hydrogen (secondary N) is 1. The van der Waals surface area contributed by atoms with Crippen molar-refractivity contribution in [3.8, 4) is 0 Å². The molecule has 0 saturated carbocycles. The molecule has 0 bridgehead atoms. The second-order valence-electron chi connectivity index (χ2n) is 6.42. The normalized spacial score (nSPS) is 19.3. The number of likely N-dealkylation sites (tertiary alicyclic amines) is 1. The van der Waals surface area contributed by atoms with Crippen LogP contribution in [0.2, 0.25) is 0 Å². The zero-order valence-electron chi connectivity index (χ0n) is 13.1. The number of rotatable bonds is 3. The second kappa shape index (κ2) is 6.17. The Morgan fingerprint density at radius 3 is 2.70 bits per heavy atom. The van der Waals surface area contributed by atoms with E-state index in [-0.39, 0.29) is 5.82 Å². The number of halogens is 1. The Morgan fingerprint density at radius 1 is 1.04 bits per heavy atom.